The number of benzene rings is 1. The molecule has 0 aromatic heterocycles. The van der Waals surface area contributed by atoms with E-state index in [9.17, 15) is 33.5 Å². The molecule has 0 fully saturated rings. The molecular weight excluding hydrogens is 287 g/mol. The zero-order valence-corrected chi connectivity index (χ0v) is 10.2. The minimum absolute atomic E-state index is 0.203. The Hall–Kier alpha value is -1.32. The van der Waals surface area contributed by atoms with E-state index < -0.39 is 34.6 Å². The van der Waals surface area contributed by atoms with Crippen LogP contribution in [0.2, 0.25) is 0 Å². The first kappa shape index (κ1) is 15.7. The van der Waals surface area contributed by atoms with Crippen LogP contribution in [0.1, 0.15) is 17.2 Å². The highest BCUT2D eigenvalue weighted by molar-refractivity contribution is 7.80. The third-order valence-corrected chi connectivity index (χ3v) is 2.75. The summed E-state index contributed by atoms with van der Waals surface area (Å²) < 4.78 is 37.7. The Bertz CT molecular complexity index is 480. The van der Waals surface area contributed by atoms with Gasteiger partial charge in [0.1, 0.15) is 6.10 Å². The van der Waals surface area contributed by atoms with Crippen LogP contribution < -0.4 is 0 Å². The van der Waals surface area contributed by atoms with Crippen molar-refractivity contribution in [3.8, 4) is 0 Å². The highest BCUT2D eigenvalue weighted by Crippen LogP contribution is 2.34. The number of aliphatic hydroxyl groups is 2. The van der Waals surface area contributed by atoms with Gasteiger partial charge in [0.15, 0.2) is 0 Å². The maximum Gasteiger partial charge on any atom is 0.416 e. The summed E-state index contributed by atoms with van der Waals surface area (Å²) in [7, 11) is 0. The fourth-order valence-corrected chi connectivity index (χ4v) is 1.60. The molecule has 2 N–H and O–H groups in total. The average Bonchev–Trinajstić information content (AvgIpc) is 2.35. The molecule has 0 saturated heterocycles. The molecule has 0 radical (unpaired) electrons. The maximum absolute atomic E-state index is 12.6. The molecule has 5 nitrogen and oxygen atoms in total. The van der Waals surface area contributed by atoms with Gasteiger partial charge in [0.2, 0.25) is 0 Å². The number of nitro benzene ring substituents is 1. The Morgan fingerprint density at radius 3 is 2.32 bits per heavy atom. The largest absolute Gasteiger partial charge is 0.416 e. The molecule has 0 aliphatic heterocycles. The van der Waals surface area contributed by atoms with Crippen LogP contribution in [0.5, 0.6) is 0 Å². The van der Waals surface area contributed by atoms with Crippen LogP contribution in [0, 0.1) is 10.1 Å². The number of halogens is 3. The number of hydrogen-bond donors (Lipinski definition) is 3. The van der Waals surface area contributed by atoms with Gasteiger partial charge in [-0.3, -0.25) is 10.1 Å². The normalized spacial score (nSPS) is 15.1. The lowest BCUT2D eigenvalue weighted by molar-refractivity contribution is -0.385. The molecule has 106 valence electrons. The predicted octanol–water partition coefficient (Wildman–Crippen LogP) is 1.94. The first-order valence-electron chi connectivity index (χ1n) is 5.00. The van der Waals surface area contributed by atoms with Gasteiger partial charge in [0.25, 0.3) is 5.69 Å². The monoisotopic (exact) mass is 297 g/mol. The van der Waals surface area contributed by atoms with E-state index in [1.807, 2.05) is 0 Å². The third kappa shape index (κ3) is 3.82. The number of hydrogen-bond acceptors (Lipinski definition) is 5. The summed E-state index contributed by atoms with van der Waals surface area (Å²) in [6.45, 7) is 0. The van der Waals surface area contributed by atoms with E-state index in [4.69, 9.17) is 0 Å². The van der Waals surface area contributed by atoms with Gasteiger partial charge in [-0.25, -0.2) is 0 Å². The Balaban J connectivity index is 3.32. The Kier molecular flexibility index (Phi) is 4.77. The molecule has 0 saturated carbocycles. The van der Waals surface area contributed by atoms with Gasteiger partial charge in [-0.1, -0.05) is 0 Å². The van der Waals surface area contributed by atoms with Gasteiger partial charge < -0.3 is 10.2 Å². The van der Waals surface area contributed by atoms with Crippen molar-refractivity contribution in [2.24, 2.45) is 0 Å². The van der Waals surface area contributed by atoms with Crippen molar-refractivity contribution in [1.29, 1.82) is 0 Å². The molecule has 0 aliphatic rings. The van der Waals surface area contributed by atoms with Crippen molar-refractivity contribution in [3.63, 3.8) is 0 Å². The SMILES string of the molecule is O=[N+]([O-])c1cc(C(O)C(O)CS)cc(C(F)(F)F)c1. The number of nitro groups is 1. The molecule has 1 rings (SSSR count). The standard InChI is InChI=1S/C10H10F3NO4S/c11-10(12,13)6-1-5(9(16)8(15)4-19)2-7(3-6)14(17)18/h1-3,8-9,15-16,19H,4H2. The molecule has 0 aliphatic carbocycles. The summed E-state index contributed by atoms with van der Waals surface area (Å²) in [6.07, 6.45) is -7.89. The average molecular weight is 297 g/mol. The second-order valence-corrected chi connectivity index (χ2v) is 4.13. The van der Waals surface area contributed by atoms with Crippen molar-refractivity contribution in [1.82, 2.24) is 0 Å². The summed E-state index contributed by atoms with van der Waals surface area (Å²) in [5, 5.41) is 29.5. The molecule has 1 aromatic rings. The van der Waals surface area contributed by atoms with Crippen molar-refractivity contribution >= 4 is 18.3 Å². The minimum atomic E-state index is -4.79. The maximum atomic E-state index is 12.6. The van der Waals surface area contributed by atoms with Gasteiger partial charge in [0.05, 0.1) is 16.6 Å². The van der Waals surface area contributed by atoms with Crippen LogP contribution in [0.4, 0.5) is 18.9 Å². The molecule has 19 heavy (non-hydrogen) atoms. The quantitative estimate of drug-likeness (QED) is 0.450. The van der Waals surface area contributed by atoms with Gasteiger partial charge in [-0.2, -0.15) is 25.8 Å². The summed E-state index contributed by atoms with van der Waals surface area (Å²) in [6, 6.07) is 1.71. The lowest BCUT2D eigenvalue weighted by Gasteiger charge is -2.17. The molecule has 1 aromatic carbocycles. The van der Waals surface area contributed by atoms with E-state index in [0.29, 0.717) is 12.1 Å². The second-order valence-electron chi connectivity index (χ2n) is 3.76. The molecule has 2 atom stereocenters. The van der Waals surface area contributed by atoms with Crippen molar-refractivity contribution in [3.05, 3.63) is 39.4 Å². The molecule has 0 bridgehead atoms. The molecular formula is C10H10F3NO4S. The van der Waals surface area contributed by atoms with Gasteiger partial charge in [0, 0.05) is 17.9 Å². The van der Waals surface area contributed by atoms with Gasteiger partial charge in [-0.15, -0.1) is 0 Å². The topological polar surface area (TPSA) is 83.6 Å². The second kappa shape index (κ2) is 5.76. The minimum Gasteiger partial charge on any atom is -0.389 e. The van der Waals surface area contributed by atoms with E-state index in [1.165, 1.54) is 0 Å². The van der Waals surface area contributed by atoms with Gasteiger partial charge in [-0.05, 0) is 11.6 Å². The highest BCUT2D eigenvalue weighted by Gasteiger charge is 2.34. The number of thiol groups is 1. The Labute approximate surface area is 111 Å². The number of nitrogens with zero attached hydrogens (tertiary/aromatic N) is 1. The van der Waals surface area contributed by atoms with Crippen LogP contribution in [-0.4, -0.2) is 27.0 Å². The highest BCUT2D eigenvalue weighted by atomic mass is 32.1. The summed E-state index contributed by atoms with van der Waals surface area (Å²) in [4.78, 5) is 9.57. The number of aliphatic hydroxyl groups excluding tert-OH is 2. The van der Waals surface area contributed by atoms with E-state index >= 15 is 0 Å². The first-order chi connectivity index (χ1) is 8.66. The lowest BCUT2D eigenvalue weighted by atomic mass is 10.0. The van der Waals surface area contributed by atoms with Crippen LogP contribution >= 0.6 is 12.6 Å². The van der Waals surface area contributed by atoms with E-state index in [0.717, 1.165) is 6.07 Å². The van der Waals surface area contributed by atoms with Crippen LogP contribution in [0.25, 0.3) is 0 Å². The van der Waals surface area contributed by atoms with E-state index in [2.05, 4.69) is 12.6 Å². The Morgan fingerprint density at radius 1 is 1.32 bits per heavy atom. The number of non-ortho nitro benzene ring substituents is 1. The zero-order valence-electron chi connectivity index (χ0n) is 9.33. The first-order valence-corrected chi connectivity index (χ1v) is 5.63. The van der Waals surface area contributed by atoms with E-state index in [1.54, 1.807) is 0 Å². The number of alkyl halides is 3. The predicted molar refractivity (Wildman–Crippen MR) is 62.9 cm³/mol. The van der Waals surface area contributed by atoms with Crippen LogP contribution in [0.15, 0.2) is 18.2 Å². The molecule has 0 heterocycles. The lowest BCUT2D eigenvalue weighted by Crippen LogP contribution is -2.20. The number of rotatable bonds is 4. The van der Waals surface area contributed by atoms with E-state index in [-0.39, 0.29) is 11.3 Å². The fraction of sp³-hybridized carbons (Fsp3) is 0.400. The Morgan fingerprint density at radius 2 is 1.89 bits per heavy atom. The van der Waals surface area contributed by atoms with Crippen molar-refractivity contribution in [2.45, 2.75) is 18.4 Å². The molecule has 0 amide bonds. The smallest absolute Gasteiger partial charge is 0.389 e. The molecule has 0 spiro atoms. The summed E-state index contributed by atoms with van der Waals surface area (Å²) in [5.74, 6) is -0.203. The van der Waals surface area contributed by atoms with Crippen molar-refractivity contribution < 1.29 is 28.3 Å². The fourth-order valence-electron chi connectivity index (χ4n) is 1.40. The van der Waals surface area contributed by atoms with Crippen LogP contribution in [0.3, 0.4) is 0 Å². The van der Waals surface area contributed by atoms with Gasteiger partial charge >= 0.3 is 6.18 Å². The third-order valence-electron chi connectivity index (χ3n) is 2.37. The summed E-state index contributed by atoms with van der Waals surface area (Å²) in [5.41, 5.74) is -2.46. The zero-order chi connectivity index (χ0) is 14.8. The van der Waals surface area contributed by atoms with Crippen molar-refractivity contribution in [2.75, 3.05) is 5.75 Å². The van der Waals surface area contributed by atoms with Crippen LogP contribution in [-0.2, 0) is 6.18 Å². The molecule has 2 unspecified atom stereocenters. The summed E-state index contributed by atoms with van der Waals surface area (Å²) >= 11 is 3.69. The molecule has 9 heteroatoms.